The first kappa shape index (κ1) is 25.0. The Balaban J connectivity index is -0.00000144. The van der Waals surface area contributed by atoms with Gasteiger partial charge >= 0.3 is 0 Å². The van der Waals surface area contributed by atoms with Gasteiger partial charge in [0.15, 0.2) is 0 Å². The summed E-state index contributed by atoms with van der Waals surface area (Å²) in [6.07, 6.45) is 2.63. The Kier molecular flexibility index (Phi) is 14.5. The second-order valence-corrected chi connectivity index (χ2v) is 6.41. The highest BCUT2D eigenvalue weighted by Crippen LogP contribution is 2.22. The fourth-order valence-corrected chi connectivity index (χ4v) is 1.83. The summed E-state index contributed by atoms with van der Waals surface area (Å²) >= 11 is 0. The van der Waals surface area contributed by atoms with E-state index in [0.717, 1.165) is 25.8 Å². The van der Waals surface area contributed by atoms with Crippen LogP contribution in [-0.4, -0.2) is 43.5 Å². The SMILES string of the molecule is CCCC(N)C(=O)NC(CCN(C)C)C(C)(C)C.Cl.Cl. The second-order valence-electron chi connectivity index (χ2n) is 6.41. The van der Waals surface area contributed by atoms with Crippen LogP contribution < -0.4 is 11.1 Å². The predicted molar refractivity (Wildman–Crippen MR) is 91.9 cm³/mol. The summed E-state index contributed by atoms with van der Waals surface area (Å²) in [5, 5.41) is 3.11. The highest BCUT2D eigenvalue weighted by Gasteiger charge is 2.27. The molecule has 0 aromatic heterocycles. The minimum atomic E-state index is -0.376. The van der Waals surface area contributed by atoms with Gasteiger partial charge in [-0.25, -0.2) is 0 Å². The maximum Gasteiger partial charge on any atom is 0.237 e. The third-order valence-electron chi connectivity index (χ3n) is 3.16. The predicted octanol–water partition coefficient (Wildman–Crippen LogP) is 2.44. The van der Waals surface area contributed by atoms with Crippen molar-refractivity contribution in [2.24, 2.45) is 11.1 Å². The molecule has 0 rings (SSSR count). The lowest BCUT2D eigenvalue weighted by atomic mass is 9.84. The Morgan fingerprint density at radius 2 is 1.70 bits per heavy atom. The molecule has 2 atom stereocenters. The Morgan fingerprint density at radius 1 is 1.20 bits per heavy atom. The number of nitrogens with two attached hydrogens (primary N) is 1. The molecule has 0 bridgehead atoms. The molecule has 3 N–H and O–H groups in total. The number of halogens is 2. The molecule has 0 heterocycles. The molecule has 6 heteroatoms. The van der Waals surface area contributed by atoms with E-state index in [9.17, 15) is 4.79 Å². The fraction of sp³-hybridized carbons (Fsp3) is 0.929. The maximum absolute atomic E-state index is 12.0. The van der Waals surface area contributed by atoms with Crippen LogP contribution in [0.2, 0.25) is 0 Å². The number of hydrogen-bond acceptors (Lipinski definition) is 3. The largest absolute Gasteiger partial charge is 0.351 e. The first-order chi connectivity index (χ1) is 8.18. The fourth-order valence-electron chi connectivity index (χ4n) is 1.83. The molecule has 0 saturated heterocycles. The zero-order valence-electron chi connectivity index (χ0n) is 13.7. The molecule has 1 amide bonds. The van der Waals surface area contributed by atoms with E-state index in [4.69, 9.17) is 5.73 Å². The molecule has 2 unspecified atom stereocenters. The van der Waals surface area contributed by atoms with Gasteiger partial charge in [-0.2, -0.15) is 0 Å². The van der Waals surface area contributed by atoms with Crippen molar-refractivity contribution in [3.8, 4) is 0 Å². The lowest BCUT2D eigenvalue weighted by Gasteiger charge is -2.33. The molecule has 0 aromatic carbocycles. The van der Waals surface area contributed by atoms with Gasteiger partial charge in [-0.15, -0.1) is 24.8 Å². The normalized spacial score (nSPS) is 14.0. The third kappa shape index (κ3) is 10.7. The van der Waals surface area contributed by atoms with Gasteiger partial charge < -0.3 is 16.0 Å². The number of rotatable bonds is 7. The van der Waals surface area contributed by atoms with Gasteiger partial charge in [-0.3, -0.25) is 4.79 Å². The van der Waals surface area contributed by atoms with Gasteiger partial charge in [-0.05, 0) is 38.9 Å². The molecule has 124 valence electrons. The zero-order valence-corrected chi connectivity index (χ0v) is 15.4. The topological polar surface area (TPSA) is 58.4 Å². The molecule has 20 heavy (non-hydrogen) atoms. The summed E-state index contributed by atoms with van der Waals surface area (Å²) in [5.41, 5.74) is 5.91. The van der Waals surface area contributed by atoms with Crippen molar-refractivity contribution < 1.29 is 4.79 Å². The van der Waals surface area contributed by atoms with E-state index < -0.39 is 0 Å². The van der Waals surface area contributed by atoms with E-state index in [2.05, 4.69) is 31.0 Å². The van der Waals surface area contributed by atoms with Crippen molar-refractivity contribution in [3.05, 3.63) is 0 Å². The summed E-state index contributed by atoms with van der Waals surface area (Å²) in [4.78, 5) is 14.1. The minimum Gasteiger partial charge on any atom is -0.351 e. The Morgan fingerprint density at radius 3 is 2.05 bits per heavy atom. The van der Waals surface area contributed by atoms with E-state index in [0.29, 0.717) is 0 Å². The molecule has 0 radical (unpaired) electrons. The minimum absolute atomic E-state index is 0. The standard InChI is InChI=1S/C14H31N3O.2ClH/c1-7-8-11(15)13(18)16-12(14(2,3)4)9-10-17(5)6;;/h11-12H,7-10,15H2,1-6H3,(H,16,18);2*1H. The van der Waals surface area contributed by atoms with E-state index in [-0.39, 0.29) is 48.2 Å². The first-order valence-corrected chi connectivity index (χ1v) is 6.89. The highest BCUT2D eigenvalue weighted by atomic mass is 35.5. The summed E-state index contributed by atoms with van der Waals surface area (Å²) in [6.45, 7) is 9.46. The van der Waals surface area contributed by atoms with E-state index >= 15 is 0 Å². The molecule has 0 spiro atoms. The number of nitrogens with zero attached hydrogens (tertiary/aromatic N) is 1. The average Bonchev–Trinajstić information content (AvgIpc) is 2.22. The molecular weight excluding hydrogens is 297 g/mol. The molecule has 0 aliphatic heterocycles. The summed E-state index contributed by atoms with van der Waals surface area (Å²) < 4.78 is 0. The van der Waals surface area contributed by atoms with Gasteiger partial charge in [0.2, 0.25) is 5.91 Å². The average molecular weight is 330 g/mol. The van der Waals surface area contributed by atoms with Crippen LogP contribution in [0.4, 0.5) is 0 Å². The molecule has 0 saturated carbocycles. The lowest BCUT2D eigenvalue weighted by Crippen LogP contribution is -2.50. The van der Waals surface area contributed by atoms with E-state index in [1.807, 2.05) is 21.0 Å². The van der Waals surface area contributed by atoms with Crippen molar-refractivity contribution in [1.29, 1.82) is 0 Å². The van der Waals surface area contributed by atoms with Crippen LogP contribution in [0.3, 0.4) is 0 Å². The van der Waals surface area contributed by atoms with Crippen molar-refractivity contribution in [2.45, 2.75) is 59.0 Å². The van der Waals surface area contributed by atoms with Crippen LogP contribution >= 0.6 is 24.8 Å². The quantitative estimate of drug-likeness (QED) is 0.754. The van der Waals surface area contributed by atoms with Crippen molar-refractivity contribution in [3.63, 3.8) is 0 Å². The molecule has 4 nitrogen and oxygen atoms in total. The van der Waals surface area contributed by atoms with E-state index in [1.54, 1.807) is 0 Å². The number of carbonyl (C=O) groups excluding carboxylic acids is 1. The van der Waals surface area contributed by atoms with Gasteiger partial charge in [-0.1, -0.05) is 34.1 Å². The van der Waals surface area contributed by atoms with Crippen molar-refractivity contribution in [1.82, 2.24) is 10.2 Å². The zero-order chi connectivity index (χ0) is 14.3. The molecule has 0 aromatic rings. The molecule has 0 aliphatic carbocycles. The molecular formula is C14H33Cl2N3O. The smallest absolute Gasteiger partial charge is 0.237 e. The second kappa shape index (κ2) is 11.6. The monoisotopic (exact) mass is 329 g/mol. The number of nitrogens with one attached hydrogen (secondary N) is 1. The van der Waals surface area contributed by atoms with Gasteiger partial charge in [0.1, 0.15) is 0 Å². The summed E-state index contributed by atoms with van der Waals surface area (Å²) in [7, 11) is 4.09. The first-order valence-electron chi connectivity index (χ1n) is 6.89. The number of hydrogen-bond donors (Lipinski definition) is 2. The van der Waals surface area contributed by atoms with Crippen molar-refractivity contribution >= 4 is 30.7 Å². The van der Waals surface area contributed by atoms with Crippen LogP contribution in [0.25, 0.3) is 0 Å². The summed E-state index contributed by atoms with van der Waals surface area (Å²) in [5.74, 6) is -0.0180. The number of amides is 1. The maximum atomic E-state index is 12.0. The highest BCUT2D eigenvalue weighted by molar-refractivity contribution is 5.85. The summed E-state index contributed by atoms with van der Waals surface area (Å²) in [6, 6.07) is -0.213. The van der Waals surface area contributed by atoms with Gasteiger partial charge in [0.05, 0.1) is 6.04 Å². The van der Waals surface area contributed by atoms with Crippen LogP contribution in [0, 0.1) is 5.41 Å². The van der Waals surface area contributed by atoms with Crippen molar-refractivity contribution in [2.75, 3.05) is 20.6 Å². The Labute approximate surface area is 137 Å². The lowest BCUT2D eigenvalue weighted by molar-refractivity contribution is -0.124. The number of carbonyl (C=O) groups is 1. The van der Waals surface area contributed by atoms with Gasteiger partial charge in [0, 0.05) is 6.04 Å². The van der Waals surface area contributed by atoms with Crippen LogP contribution in [0.5, 0.6) is 0 Å². The van der Waals surface area contributed by atoms with Gasteiger partial charge in [0.25, 0.3) is 0 Å². The van der Waals surface area contributed by atoms with Crippen LogP contribution in [0.1, 0.15) is 47.0 Å². The molecule has 0 aliphatic rings. The Bertz CT molecular complexity index is 255. The Hall–Kier alpha value is -0.0300. The third-order valence-corrected chi connectivity index (χ3v) is 3.16. The molecule has 0 fully saturated rings. The van der Waals surface area contributed by atoms with Crippen LogP contribution in [0.15, 0.2) is 0 Å². The van der Waals surface area contributed by atoms with E-state index in [1.165, 1.54) is 0 Å². The van der Waals surface area contributed by atoms with Crippen LogP contribution in [-0.2, 0) is 4.79 Å².